The number of hydrogen-bond acceptors (Lipinski definition) is 3. The van der Waals surface area contributed by atoms with E-state index in [-0.39, 0.29) is 11.8 Å². The molecule has 1 aromatic rings. The molecular weight excluding hydrogens is 262 g/mol. The molecule has 21 heavy (non-hydrogen) atoms. The van der Waals surface area contributed by atoms with Crippen molar-refractivity contribution in [3.8, 4) is 0 Å². The Morgan fingerprint density at radius 3 is 2.86 bits per heavy atom. The minimum Gasteiger partial charge on any atom is -0.385 e. The van der Waals surface area contributed by atoms with E-state index in [4.69, 9.17) is 0 Å². The van der Waals surface area contributed by atoms with Crippen LogP contribution in [0.4, 0.5) is 11.4 Å². The Hall–Kier alpha value is -1.55. The van der Waals surface area contributed by atoms with E-state index in [2.05, 4.69) is 28.6 Å². The van der Waals surface area contributed by atoms with E-state index in [0.717, 1.165) is 30.8 Å². The molecule has 0 radical (unpaired) electrons. The zero-order chi connectivity index (χ0) is 14.7. The van der Waals surface area contributed by atoms with Gasteiger partial charge in [0.15, 0.2) is 0 Å². The maximum atomic E-state index is 11.8. The molecule has 4 nitrogen and oxygen atoms in total. The summed E-state index contributed by atoms with van der Waals surface area (Å²) in [7, 11) is 2.19. The van der Waals surface area contributed by atoms with Gasteiger partial charge >= 0.3 is 0 Å². The van der Waals surface area contributed by atoms with Crippen molar-refractivity contribution >= 4 is 17.3 Å². The second-order valence-corrected chi connectivity index (χ2v) is 6.50. The lowest BCUT2D eigenvalue weighted by Crippen LogP contribution is -2.35. The maximum Gasteiger partial charge on any atom is 0.227 e. The van der Waals surface area contributed by atoms with Crippen LogP contribution in [0.15, 0.2) is 24.3 Å². The van der Waals surface area contributed by atoms with E-state index in [1.807, 2.05) is 18.2 Å². The number of amides is 1. The zero-order valence-corrected chi connectivity index (χ0v) is 12.8. The molecule has 0 spiro atoms. The second-order valence-electron chi connectivity index (χ2n) is 6.50. The van der Waals surface area contributed by atoms with Gasteiger partial charge in [0.25, 0.3) is 0 Å². The Labute approximate surface area is 126 Å². The number of likely N-dealkylation sites (tertiary alicyclic amines) is 1. The molecule has 1 atom stereocenters. The fourth-order valence-corrected chi connectivity index (χ4v) is 3.00. The predicted molar refractivity (Wildman–Crippen MR) is 86.5 cm³/mol. The Morgan fingerprint density at radius 2 is 2.10 bits per heavy atom. The molecule has 1 unspecified atom stereocenters. The topological polar surface area (TPSA) is 44.4 Å². The standard InChI is InChI=1S/C17H25N3O/c1-20-9-3-4-13(12-20)11-18-15-5-2-6-16(10-15)19-17(21)14-7-8-14/h2,5-6,10,13-14,18H,3-4,7-9,11-12H2,1H3,(H,19,21). The number of nitrogens with zero attached hydrogens (tertiary/aromatic N) is 1. The first-order valence-corrected chi connectivity index (χ1v) is 8.04. The maximum absolute atomic E-state index is 11.8. The molecule has 2 fully saturated rings. The first-order chi connectivity index (χ1) is 10.2. The lowest BCUT2D eigenvalue weighted by Gasteiger charge is -2.30. The van der Waals surface area contributed by atoms with Gasteiger partial charge in [-0.05, 0) is 63.4 Å². The van der Waals surface area contributed by atoms with E-state index in [1.165, 1.54) is 25.9 Å². The van der Waals surface area contributed by atoms with Gasteiger partial charge in [0, 0.05) is 30.4 Å². The minimum atomic E-state index is 0.168. The van der Waals surface area contributed by atoms with Crippen molar-refractivity contribution in [2.45, 2.75) is 25.7 Å². The summed E-state index contributed by atoms with van der Waals surface area (Å²) in [5.74, 6) is 1.13. The number of anilines is 2. The molecule has 3 rings (SSSR count). The van der Waals surface area contributed by atoms with Crippen molar-refractivity contribution in [1.82, 2.24) is 4.90 Å². The summed E-state index contributed by atoms with van der Waals surface area (Å²) in [6, 6.07) is 8.06. The first-order valence-electron chi connectivity index (χ1n) is 8.04. The highest BCUT2D eigenvalue weighted by molar-refractivity contribution is 5.94. The van der Waals surface area contributed by atoms with Gasteiger partial charge < -0.3 is 15.5 Å². The van der Waals surface area contributed by atoms with Crippen molar-refractivity contribution in [3.05, 3.63) is 24.3 Å². The Morgan fingerprint density at radius 1 is 1.29 bits per heavy atom. The van der Waals surface area contributed by atoms with Crippen molar-refractivity contribution in [2.75, 3.05) is 37.3 Å². The third-order valence-electron chi connectivity index (χ3n) is 4.40. The number of carbonyl (C=O) groups excluding carboxylic acids is 1. The van der Waals surface area contributed by atoms with Crippen LogP contribution >= 0.6 is 0 Å². The Bertz CT molecular complexity index is 499. The van der Waals surface area contributed by atoms with Gasteiger partial charge in [0.1, 0.15) is 0 Å². The Balaban J connectivity index is 1.51. The van der Waals surface area contributed by atoms with E-state index in [1.54, 1.807) is 0 Å². The first kappa shape index (κ1) is 14.4. The molecular formula is C17H25N3O. The number of carbonyl (C=O) groups is 1. The highest BCUT2D eigenvalue weighted by Crippen LogP contribution is 2.30. The minimum absolute atomic E-state index is 0.168. The molecule has 1 aliphatic carbocycles. The second kappa shape index (κ2) is 6.48. The summed E-state index contributed by atoms with van der Waals surface area (Å²) in [5, 5.41) is 6.52. The van der Waals surface area contributed by atoms with E-state index in [0.29, 0.717) is 5.92 Å². The third-order valence-corrected chi connectivity index (χ3v) is 4.40. The number of nitrogens with one attached hydrogen (secondary N) is 2. The summed E-state index contributed by atoms with van der Waals surface area (Å²) in [6.07, 6.45) is 4.67. The number of benzene rings is 1. The van der Waals surface area contributed by atoms with Crippen LogP contribution in [0.3, 0.4) is 0 Å². The monoisotopic (exact) mass is 287 g/mol. The van der Waals surface area contributed by atoms with Crippen LogP contribution in [0.25, 0.3) is 0 Å². The van der Waals surface area contributed by atoms with Gasteiger partial charge in [-0.3, -0.25) is 4.79 Å². The van der Waals surface area contributed by atoms with Gasteiger partial charge in [-0.15, -0.1) is 0 Å². The zero-order valence-electron chi connectivity index (χ0n) is 12.8. The summed E-state index contributed by atoms with van der Waals surface area (Å²) in [5.41, 5.74) is 1.99. The van der Waals surface area contributed by atoms with Crippen LogP contribution in [0.1, 0.15) is 25.7 Å². The van der Waals surface area contributed by atoms with Crippen LogP contribution in [-0.2, 0) is 4.79 Å². The van der Waals surface area contributed by atoms with Crippen LogP contribution in [0.5, 0.6) is 0 Å². The fourth-order valence-electron chi connectivity index (χ4n) is 3.00. The molecule has 0 aromatic heterocycles. The average molecular weight is 287 g/mol. The molecule has 1 aromatic carbocycles. The number of rotatable bonds is 5. The fraction of sp³-hybridized carbons (Fsp3) is 0.588. The molecule has 2 N–H and O–H groups in total. The molecule has 2 aliphatic rings. The molecule has 1 heterocycles. The average Bonchev–Trinajstić information content (AvgIpc) is 3.30. The SMILES string of the molecule is CN1CCCC(CNc2cccc(NC(=O)C3CC3)c2)C1. The summed E-state index contributed by atoms with van der Waals surface area (Å²) < 4.78 is 0. The van der Waals surface area contributed by atoms with Crippen molar-refractivity contribution < 1.29 is 4.79 Å². The van der Waals surface area contributed by atoms with Gasteiger partial charge in [-0.2, -0.15) is 0 Å². The number of piperidine rings is 1. The van der Waals surface area contributed by atoms with Crippen LogP contribution < -0.4 is 10.6 Å². The highest BCUT2D eigenvalue weighted by atomic mass is 16.2. The molecule has 1 amide bonds. The van der Waals surface area contributed by atoms with E-state index >= 15 is 0 Å². The van der Waals surface area contributed by atoms with Crippen LogP contribution in [-0.4, -0.2) is 37.5 Å². The molecule has 1 aliphatic heterocycles. The third kappa shape index (κ3) is 4.21. The predicted octanol–water partition coefficient (Wildman–Crippen LogP) is 2.79. The molecule has 1 saturated carbocycles. The molecule has 0 bridgehead atoms. The normalized spacial score (nSPS) is 22.8. The Kier molecular flexibility index (Phi) is 4.44. The van der Waals surface area contributed by atoms with Gasteiger partial charge in [0.2, 0.25) is 5.91 Å². The van der Waals surface area contributed by atoms with Crippen LogP contribution in [0, 0.1) is 11.8 Å². The van der Waals surface area contributed by atoms with Crippen molar-refractivity contribution in [2.24, 2.45) is 11.8 Å². The molecule has 1 saturated heterocycles. The van der Waals surface area contributed by atoms with Gasteiger partial charge in [-0.25, -0.2) is 0 Å². The van der Waals surface area contributed by atoms with Crippen LogP contribution in [0.2, 0.25) is 0 Å². The van der Waals surface area contributed by atoms with E-state index < -0.39 is 0 Å². The largest absolute Gasteiger partial charge is 0.385 e. The van der Waals surface area contributed by atoms with E-state index in [9.17, 15) is 4.79 Å². The van der Waals surface area contributed by atoms with Crippen molar-refractivity contribution in [3.63, 3.8) is 0 Å². The lowest BCUT2D eigenvalue weighted by molar-refractivity contribution is -0.117. The summed E-state index contributed by atoms with van der Waals surface area (Å²) in [6.45, 7) is 3.40. The summed E-state index contributed by atoms with van der Waals surface area (Å²) >= 11 is 0. The number of hydrogen-bond donors (Lipinski definition) is 2. The molecule has 4 heteroatoms. The van der Waals surface area contributed by atoms with Crippen molar-refractivity contribution in [1.29, 1.82) is 0 Å². The smallest absolute Gasteiger partial charge is 0.227 e. The quantitative estimate of drug-likeness (QED) is 0.875. The molecule has 114 valence electrons. The summed E-state index contributed by atoms with van der Waals surface area (Å²) in [4.78, 5) is 14.2. The highest BCUT2D eigenvalue weighted by Gasteiger charge is 2.29. The lowest BCUT2D eigenvalue weighted by atomic mass is 9.98. The van der Waals surface area contributed by atoms with Gasteiger partial charge in [-0.1, -0.05) is 6.07 Å². The van der Waals surface area contributed by atoms with Gasteiger partial charge in [0.05, 0.1) is 0 Å².